The second-order valence-corrected chi connectivity index (χ2v) is 7.09. The predicted molar refractivity (Wildman–Crippen MR) is 111 cm³/mol. The smallest absolute Gasteiger partial charge is 0.141 e. The summed E-state index contributed by atoms with van der Waals surface area (Å²) >= 11 is 0. The Hall–Kier alpha value is -3.98. The van der Waals surface area contributed by atoms with Gasteiger partial charge in [0.25, 0.3) is 0 Å². The molecule has 5 aromatic rings. The monoisotopic (exact) mass is 381 g/mol. The summed E-state index contributed by atoms with van der Waals surface area (Å²) in [6, 6.07) is 14.6. The van der Waals surface area contributed by atoms with Crippen molar-refractivity contribution < 1.29 is 4.39 Å². The van der Waals surface area contributed by atoms with Gasteiger partial charge >= 0.3 is 0 Å². The van der Waals surface area contributed by atoms with Gasteiger partial charge in [-0.15, -0.1) is 0 Å². The molecule has 0 atom stereocenters. The molecule has 0 aliphatic rings. The Morgan fingerprint density at radius 3 is 2.66 bits per heavy atom. The van der Waals surface area contributed by atoms with Gasteiger partial charge in [0.05, 0.1) is 28.5 Å². The van der Waals surface area contributed by atoms with Crippen LogP contribution in [0.3, 0.4) is 0 Å². The van der Waals surface area contributed by atoms with E-state index in [0.717, 1.165) is 38.6 Å². The summed E-state index contributed by atoms with van der Waals surface area (Å²) in [5.41, 5.74) is 5.02. The Morgan fingerprint density at radius 2 is 1.86 bits per heavy atom. The number of nitrogens with zero attached hydrogens (tertiary/aromatic N) is 5. The molecule has 0 N–H and O–H groups in total. The molecule has 140 valence electrons. The van der Waals surface area contributed by atoms with Crippen molar-refractivity contribution in [2.24, 2.45) is 14.1 Å². The standard InChI is InChI=1S/C23H16FN5/c1-28-8-7-18-21(28)12-26-23(15-4-6-17-13-29(2)27-20(17)10-15)22(18)14-3-5-16(11-25)19(24)9-14/h3-10,12-13H,1-2H3. The van der Waals surface area contributed by atoms with E-state index in [2.05, 4.69) is 5.10 Å². The first-order chi connectivity index (χ1) is 14.0. The third-order valence-electron chi connectivity index (χ3n) is 5.22. The molecule has 3 heterocycles. The largest absolute Gasteiger partial charge is 0.349 e. The number of hydrogen-bond acceptors (Lipinski definition) is 3. The number of pyridine rings is 1. The minimum absolute atomic E-state index is 0.0263. The number of fused-ring (bicyclic) bond motifs is 2. The van der Waals surface area contributed by atoms with Gasteiger partial charge in [0.2, 0.25) is 0 Å². The van der Waals surface area contributed by atoms with Crippen LogP contribution >= 0.6 is 0 Å². The lowest BCUT2D eigenvalue weighted by Gasteiger charge is -2.12. The highest BCUT2D eigenvalue weighted by atomic mass is 19.1. The maximum Gasteiger partial charge on any atom is 0.141 e. The van der Waals surface area contributed by atoms with Gasteiger partial charge in [0.15, 0.2) is 0 Å². The van der Waals surface area contributed by atoms with Gasteiger partial charge in [0, 0.05) is 48.4 Å². The van der Waals surface area contributed by atoms with E-state index >= 15 is 0 Å². The van der Waals surface area contributed by atoms with E-state index in [1.165, 1.54) is 12.1 Å². The van der Waals surface area contributed by atoms with E-state index in [0.29, 0.717) is 5.56 Å². The van der Waals surface area contributed by atoms with Crippen LogP contribution in [-0.2, 0) is 14.1 Å². The first-order valence-electron chi connectivity index (χ1n) is 9.13. The van der Waals surface area contributed by atoms with Crippen molar-refractivity contribution in [3.63, 3.8) is 0 Å². The van der Waals surface area contributed by atoms with Crippen LogP contribution in [0.2, 0.25) is 0 Å². The molecular weight excluding hydrogens is 365 g/mol. The van der Waals surface area contributed by atoms with Gasteiger partial charge in [0.1, 0.15) is 11.9 Å². The van der Waals surface area contributed by atoms with Gasteiger partial charge in [-0.3, -0.25) is 9.67 Å². The van der Waals surface area contributed by atoms with E-state index < -0.39 is 5.82 Å². The number of halogens is 1. The van der Waals surface area contributed by atoms with Crippen molar-refractivity contribution in [1.29, 1.82) is 5.26 Å². The fourth-order valence-corrected chi connectivity index (χ4v) is 3.79. The SMILES string of the molecule is Cn1cc2ccc(-c3ncc4c(ccn4C)c3-c3ccc(C#N)c(F)c3)cc2n1. The second kappa shape index (κ2) is 6.28. The van der Waals surface area contributed by atoms with Gasteiger partial charge in [-0.05, 0) is 29.8 Å². The van der Waals surface area contributed by atoms with Gasteiger partial charge < -0.3 is 4.57 Å². The Balaban J connectivity index is 1.82. The lowest BCUT2D eigenvalue weighted by atomic mass is 9.95. The predicted octanol–water partition coefficient (Wildman–Crippen LogP) is 4.80. The van der Waals surface area contributed by atoms with Crippen LogP contribution in [0.4, 0.5) is 4.39 Å². The fourth-order valence-electron chi connectivity index (χ4n) is 3.79. The lowest BCUT2D eigenvalue weighted by molar-refractivity contribution is 0.624. The minimum atomic E-state index is -0.538. The van der Waals surface area contributed by atoms with Crippen molar-refractivity contribution >= 4 is 21.8 Å². The minimum Gasteiger partial charge on any atom is -0.349 e. The van der Waals surface area contributed by atoms with E-state index in [1.54, 1.807) is 10.7 Å². The third-order valence-corrected chi connectivity index (χ3v) is 5.22. The maximum absolute atomic E-state index is 14.4. The van der Waals surface area contributed by atoms with Crippen molar-refractivity contribution in [3.05, 3.63) is 72.4 Å². The molecule has 5 nitrogen and oxygen atoms in total. The lowest BCUT2D eigenvalue weighted by Crippen LogP contribution is -1.94. The quantitative estimate of drug-likeness (QED) is 0.441. The Morgan fingerprint density at radius 1 is 1.03 bits per heavy atom. The molecule has 5 rings (SSSR count). The highest BCUT2D eigenvalue weighted by Gasteiger charge is 2.17. The second-order valence-electron chi connectivity index (χ2n) is 7.09. The summed E-state index contributed by atoms with van der Waals surface area (Å²) < 4.78 is 18.2. The molecule has 3 aromatic heterocycles. The molecule has 0 spiro atoms. The number of hydrogen-bond donors (Lipinski definition) is 0. The van der Waals surface area contributed by atoms with E-state index in [4.69, 9.17) is 10.2 Å². The van der Waals surface area contributed by atoms with E-state index in [1.807, 2.05) is 67.6 Å². The summed E-state index contributed by atoms with van der Waals surface area (Å²) in [5, 5.41) is 15.6. The zero-order valence-electron chi connectivity index (χ0n) is 15.9. The molecule has 2 aromatic carbocycles. The van der Waals surface area contributed by atoms with Crippen LogP contribution in [0.5, 0.6) is 0 Å². The highest BCUT2D eigenvalue weighted by molar-refractivity contribution is 6.02. The maximum atomic E-state index is 14.4. The summed E-state index contributed by atoms with van der Waals surface area (Å²) in [6.45, 7) is 0. The van der Waals surface area contributed by atoms with E-state index in [9.17, 15) is 4.39 Å². The Labute approximate surface area is 166 Å². The molecule has 0 saturated heterocycles. The van der Waals surface area contributed by atoms with Crippen molar-refractivity contribution in [3.8, 4) is 28.5 Å². The average molecular weight is 381 g/mol. The van der Waals surface area contributed by atoms with Crippen LogP contribution in [0.1, 0.15) is 5.56 Å². The molecule has 29 heavy (non-hydrogen) atoms. The third kappa shape index (κ3) is 2.67. The Kier molecular flexibility index (Phi) is 3.71. The number of nitriles is 1. The van der Waals surface area contributed by atoms with Crippen molar-refractivity contribution in [2.75, 3.05) is 0 Å². The summed E-state index contributed by atoms with van der Waals surface area (Å²) in [5.74, 6) is -0.538. The van der Waals surface area contributed by atoms with Crippen LogP contribution in [0.15, 0.2) is 61.1 Å². The van der Waals surface area contributed by atoms with Gasteiger partial charge in [-0.2, -0.15) is 10.4 Å². The van der Waals surface area contributed by atoms with Crippen molar-refractivity contribution in [2.45, 2.75) is 0 Å². The molecule has 0 bridgehead atoms. The number of aromatic nitrogens is 4. The summed E-state index contributed by atoms with van der Waals surface area (Å²) in [4.78, 5) is 4.73. The summed E-state index contributed by atoms with van der Waals surface area (Å²) in [7, 11) is 3.84. The Bertz CT molecular complexity index is 1450. The van der Waals surface area contributed by atoms with Gasteiger partial charge in [-0.1, -0.05) is 18.2 Å². The zero-order valence-corrected chi connectivity index (χ0v) is 15.9. The molecule has 6 heteroatoms. The molecule has 0 saturated carbocycles. The number of rotatable bonds is 2. The molecule has 0 aliphatic carbocycles. The zero-order chi connectivity index (χ0) is 20.1. The first-order valence-corrected chi connectivity index (χ1v) is 9.13. The number of aryl methyl sites for hydroxylation is 2. The van der Waals surface area contributed by atoms with Gasteiger partial charge in [-0.25, -0.2) is 4.39 Å². The molecule has 0 amide bonds. The molecule has 0 radical (unpaired) electrons. The highest BCUT2D eigenvalue weighted by Crippen LogP contribution is 2.38. The normalized spacial score (nSPS) is 11.2. The molecule has 0 aliphatic heterocycles. The van der Waals surface area contributed by atoms with Crippen LogP contribution in [0.25, 0.3) is 44.2 Å². The fraction of sp³-hybridized carbons (Fsp3) is 0.0870. The number of benzene rings is 2. The summed E-state index contributed by atoms with van der Waals surface area (Å²) in [6.07, 6.45) is 5.75. The molecular formula is C23H16FN5. The van der Waals surface area contributed by atoms with Crippen molar-refractivity contribution in [1.82, 2.24) is 19.3 Å². The van der Waals surface area contributed by atoms with Crippen LogP contribution < -0.4 is 0 Å². The van der Waals surface area contributed by atoms with Crippen LogP contribution in [0, 0.1) is 17.1 Å². The first kappa shape index (κ1) is 17.1. The van der Waals surface area contributed by atoms with E-state index in [-0.39, 0.29) is 5.56 Å². The average Bonchev–Trinajstić information content (AvgIpc) is 3.28. The van der Waals surface area contributed by atoms with Crippen LogP contribution in [-0.4, -0.2) is 19.3 Å². The molecule has 0 fully saturated rings. The topological polar surface area (TPSA) is 59.4 Å². The molecule has 0 unspecified atom stereocenters.